The highest BCUT2D eigenvalue weighted by Gasteiger charge is 2.17. The molecule has 0 fully saturated rings. The fraction of sp³-hybridized carbons (Fsp3) is 0.316. The standard InChI is InChI=1S/C38H44N4/c1-25(2)29-15-13-16-30(26(3)4)37(29)41-35-21-11-9-19-33(35)39-23-24-40-34-20-10-12-22-36(34)42-38-31(27(5)6)17-14-18-32(38)28(7)8/h9-28H,1-8H3/b24-23+,39-33?,40-34?,41-35?,42-36?. The van der Waals surface area contributed by atoms with Crippen LogP contribution in [0.2, 0.25) is 0 Å². The minimum atomic E-state index is 0.375. The molecule has 0 saturated carbocycles. The molecule has 0 bridgehead atoms. The number of benzene rings is 2. The topological polar surface area (TPSA) is 49.4 Å². The van der Waals surface area contributed by atoms with Gasteiger partial charge in [0, 0.05) is 12.4 Å². The Morgan fingerprint density at radius 1 is 0.429 bits per heavy atom. The number of allylic oxidation sites excluding steroid dienone is 8. The van der Waals surface area contributed by atoms with Crippen molar-refractivity contribution in [2.24, 2.45) is 20.0 Å². The molecule has 2 aromatic rings. The van der Waals surface area contributed by atoms with Crippen molar-refractivity contribution in [1.82, 2.24) is 0 Å². The second-order valence-corrected chi connectivity index (χ2v) is 11.9. The van der Waals surface area contributed by atoms with Gasteiger partial charge in [0.1, 0.15) is 0 Å². The van der Waals surface area contributed by atoms with E-state index in [1.165, 1.54) is 22.3 Å². The maximum atomic E-state index is 5.15. The van der Waals surface area contributed by atoms with E-state index in [2.05, 4.69) is 91.8 Å². The Morgan fingerprint density at radius 3 is 1.00 bits per heavy atom. The predicted octanol–water partition coefficient (Wildman–Crippen LogP) is 10.6. The highest BCUT2D eigenvalue weighted by atomic mass is 14.8. The summed E-state index contributed by atoms with van der Waals surface area (Å²) in [5.74, 6) is 1.50. The molecule has 2 aliphatic rings. The van der Waals surface area contributed by atoms with Gasteiger partial charge in [-0.2, -0.15) is 0 Å². The molecular formula is C38H44N4. The summed E-state index contributed by atoms with van der Waals surface area (Å²) in [6.45, 7) is 17.7. The predicted molar refractivity (Wildman–Crippen MR) is 184 cm³/mol. The van der Waals surface area contributed by atoms with Crippen LogP contribution in [0, 0.1) is 0 Å². The van der Waals surface area contributed by atoms with E-state index in [-0.39, 0.29) is 0 Å². The van der Waals surface area contributed by atoms with Gasteiger partial charge >= 0.3 is 0 Å². The van der Waals surface area contributed by atoms with Crippen LogP contribution in [0.4, 0.5) is 11.4 Å². The third kappa shape index (κ3) is 7.36. The Hall–Kier alpha value is -4.18. The maximum absolute atomic E-state index is 5.15. The first-order chi connectivity index (χ1) is 20.2. The van der Waals surface area contributed by atoms with Crippen molar-refractivity contribution < 1.29 is 0 Å². The average Bonchev–Trinajstić information content (AvgIpc) is 2.96. The highest BCUT2D eigenvalue weighted by molar-refractivity contribution is 6.52. The molecule has 42 heavy (non-hydrogen) atoms. The van der Waals surface area contributed by atoms with E-state index in [1.807, 2.05) is 48.6 Å². The van der Waals surface area contributed by atoms with Crippen LogP contribution in [0.15, 0.2) is 117 Å². The maximum Gasteiger partial charge on any atom is 0.0893 e. The normalized spacial score (nSPS) is 19.0. The van der Waals surface area contributed by atoms with E-state index in [4.69, 9.17) is 20.0 Å². The van der Waals surface area contributed by atoms with Crippen LogP contribution in [0.1, 0.15) is 101 Å². The summed E-state index contributed by atoms with van der Waals surface area (Å²) < 4.78 is 0. The van der Waals surface area contributed by atoms with Gasteiger partial charge in [-0.15, -0.1) is 0 Å². The molecule has 4 heteroatoms. The number of rotatable bonds is 8. The van der Waals surface area contributed by atoms with Gasteiger partial charge < -0.3 is 0 Å². The van der Waals surface area contributed by atoms with Gasteiger partial charge in [-0.1, -0.05) is 116 Å². The number of hydrogen-bond acceptors (Lipinski definition) is 4. The molecule has 0 aromatic heterocycles. The van der Waals surface area contributed by atoms with Gasteiger partial charge in [0.2, 0.25) is 0 Å². The smallest absolute Gasteiger partial charge is 0.0893 e. The lowest BCUT2D eigenvalue weighted by molar-refractivity contribution is 0.834. The third-order valence-corrected chi connectivity index (χ3v) is 7.41. The van der Waals surface area contributed by atoms with Crippen LogP contribution in [0.3, 0.4) is 0 Å². The van der Waals surface area contributed by atoms with Crippen molar-refractivity contribution in [2.45, 2.75) is 79.1 Å². The largest absolute Gasteiger partial charge is 0.253 e. The first-order valence-electron chi connectivity index (χ1n) is 15.1. The number of para-hydroxylation sites is 2. The molecule has 2 aromatic carbocycles. The molecule has 4 nitrogen and oxygen atoms in total. The average molecular weight is 557 g/mol. The monoisotopic (exact) mass is 556 g/mol. The lowest BCUT2D eigenvalue weighted by Crippen LogP contribution is -2.12. The van der Waals surface area contributed by atoms with E-state index in [1.54, 1.807) is 12.4 Å². The lowest BCUT2D eigenvalue weighted by atomic mass is 9.92. The summed E-state index contributed by atoms with van der Waals surface area (Å²) in [5.41, 5.74) is 10.4. The molecule has 0 spiro atoms. The van der Waals surface area contributed by atoms with Crippen LogP contribution >= 0.6 is 0 Å². The Morgan fingerprint density at radius 2 is 0.714 bits per heavy atom. The molecule has 0 saturated heterocycles. The second-order valence-electron chi connectivity index (χ2n) is 11.9. The summed E-state index contributed by atoms with van der Waals surface area (Å²) in [4.78, 5) is 19.8. The van der Waals surface area contributed by atoms with E-state index in [0.717, 1.165) is 34.2 Å². The van der Waals surface area contributed by atoms with Gasteiger partial charge in [0.15, 0.2) is 0 Å². The van der Waals surface area contributed by atoms with Crippen LogP contribution in [0.5, 0.6) is 0 Å². The molecule has 2 aliphatic carbocycles. The van der Waals surface area contributed by atoms with E-state index < -0.39 is 0 Å². The molecule has 0 N–H and O–H groups in total. The quantitative estimate of drug-likeness (QED) is 0.290. The zero-order valence-corrected chi connectivity index (χ0v) is 26.3. The molecule has 0 amide bonds. The Labute approximate surface area is 252 Å². The molecule has 0 radical (unpaired) electrons. The fourth-order valence-corrected chi connectivity index (χ4v) is 5.09. The van der Waals surface area contributed by atoms with Gasteiger partial charge in [-0.3, -0.25) is 9.98 Å². The molecule has 4 rings (SSSR count). The van der Waals surface area contributed by atoms with Crippen LogP contribution in [0.25, 0.3) is 0 Å². The number of nitrogens with zero attached hydrogens (tertiary/aromatic N) is 4. The summed E-state index contributed by atoms with van der Waals surface area (Å²) in [7, 11) is 0. The van der Waals surface area contributed by atoms with Gasteiger partial charge in [0.05, 0.1) is 34.2 Å². The van der Waals surface area contributed by atoms with Crippen molar-refractivity contribution in [3.63, 3.8) is 0 Å². The van der Waals surface area contributed by atoms with Crippen LogP contribution in [-0.2, 0) is 0 Å². The summed E-state index contributed by atoms with van der Waals surface area (Å²) >= 11 is 0. The number of hydrogen-bond donors (Lipinski definition) is 0. The SMILES string of the molecule is CC(C)c1cccc(C(C)C)c1N=C1C=CC=CC1=N/C=C/N=C1C=CC=CC1=Nc1c(C(C)C)cccc1C(C)C. The number of aliphatic imine (C=N–C) groups is 4. The first-order valence-corrected chi connectivity index (χ1v) is 15.1. The molecule has 216 valence electrons. The Bertz CT molecular complexity index is 1390. The zero-order chi connectivity index (χ0) is 30.2. The van der Waals surface area contributed by atoms with Gasteiger partial charge in [-0.05, 0) is 70.2 Å². The zero-order valence-electron chi connectivity index (χ0n) is 26.3. The van der Waals surface area contributed by atoms with Crippen molar-refractivity contribution >= 4 is 34.2 Å². The van der Waals surface area contributed by atoms with Crippen molar-refractivity contribution in [3.8, 4) is 0 Å². The van der Waals surface area contributed by atoms with Crippen molar-refractivity contribution in [3.05, 3.63) is 120 Å². The minimum absolute atomic E-state index is 0.375. The second kappa shape index (κ2) is 14.1. The van der Waals surface area contributed by atoms with Crippen LogP contribution in [-0.4, -0.2) is 22.8 Å². The van der Waals surface area contributed by atoms with E-state index in [9.17, 15) is 0 Å². The van der Waals surface area contributed by atoms with Crippen molar-refractivity contribution in [2.75, 3.05) is 0 Å². The van der Waals surface area contributed by atoms with E-state index >= 15 is 0 Å². The fourth-order valence-electron chi connectivity index (χ4n) is 5.09. The van der Waals surface area contributed by atoms with Crippen molar-refractivity contribution in [1.29, 1.82) is 0 Å². The summed E-state index contributed by atoms with van der Waals surface area (Å²) in [6.07, 6.45) is 19.5. The molecule has 0 unspecified atom stereocenters. The molecule has 0 atom stereocenters. The minimum Gasteiger partial charge on any atom is -0.253 e. The van der Waals surface area contributed by atoms with Crippen LogP contribution < -0.4 is 0 Å². The molecular weight excluding hydrogens is 512 g/mol. The van der Waals surface area contributed by atoms with Gasteiger partial charge in [0.25, 0.3) is 0 Å². The third-order valence-electron chi connectivity index (χ3n) is 7.41. The lowest BCUT2D eigenvalue weighted by Gasteiger charge is -2.17. The summed E-state index contributed by atoms with van der Waals surface area (Å²) in [5, 5.41) is 0. The Balaban J connectivity index is 1.68. The van der Waals surface area contributed by atoms with Gasteiger partial charge in [-0.25, -0.2) is 9.98 Å². The molecule has 0 aliphatic heterocycles. The van der Waals surface area contributed by atoms with E-state index in [0.29, 0.717) is 23.7 Å². The summed E-state index contributed by atoms with van der Waals surface area (Å²) in [6, 6.07) is 13.0. The molecule has 0 heterocycles. The first kappa shape index (κ1) is 30.8. The Kier molecular flexibility index (Phi) is 10.4. The highest BCUT2D eigenvalue weighted by Crippen LogP contribution is 2.36.